The first-order valence-electron chi connectivity index (χ1n) is 5.44. The lowest BCUT2D eigenvalue weighted by atomic mass is 10.0. The van der Waals surface area contributed by atoms with E-state index in [0.29, 0.717) is 12.2 Å². The summed E-state index contributed by atoms with van der Waals surface area (Å²) in [5, 5.41) is 0. The van der Waals surface area contributed by atoms with Crippen molar-refractivity contribution in [1.29, 1.82) is 0 Å². The number of carbonyl (C=O) groups is 1. The van der Waals surface area contributed by atoms with Gasteiger partial charge in [0.2, 0.25) is 0 Å². The molecule has 0 aliphatic carbocycles. The summed E-state index contributed by atoms with van der Waals surface area (Å²) in [6.45, 7) is 13.6. The first-order valence-corrected chi connectivity index (χ1v) is 5.44. The van der Waals surface area contributed by atoms with E-state index in [0.717, 1.165) is 0 Å². The molecular weight excluding hydrogens is 208 g/mol. The average Bonchev–Trinajstić information content (AvgIpc) is 2.14. The summed E-state index contributed by atoms with van der Waals surface area (Å²) in [6.07, 6.45) is 0. The van der Waals surface area contributed by atoms with Crippen LogP contribution in [-0.4, -0.2) is 24.8 Å². The third-order valence-corrected chi connectivity index (χ3v) is 1.76. The SMILES string of the molecule is C=C(C(=O)OCC)C(C)COOC(C)(C)C. The van der Waals surface area contributed by atoms with Crippen molar-refractivity contribution >= 4 is 5.97 Å². The highest BCUT2D eigenvalue weighted by Gasteiger charge is 2.18. The van der Waals surface area contributed by atoms with E-state index in [9.17, 15) is 4.79 Å². The normalized spacial score (nSPS) is 13.3. The van der Waals surface area contributed by atoms with E-state index in [4.69, 9.17) is 14.5 Å². The maximum absolute atomic E-state index is 11.3. The summed E-state index contributed by atoms with van der Waals surface area (Å²) in [7, 11) is 0. The number of ether oxygens (including phenoxy) is 1. The van der Waals surface area contributed by atoms with Gasteiger partial charge in [0, 0.05) is 11.5 Å². The Balaban J connectivity index is 3.93. The van der Waals surface area contributed by atoms with Crippen molar-refractivity contribution in [1.82, 2.24) is 0 Å². The molecule has 4 heteroatoms. The zero-order valence-electron chi connectivity index (χ0n) is 10.8. The highest BCUT2D eigenvalue weighted by molar-refractivity contribution is 5.88. The molecule has 0 fully saturated rings. The first-order chi connectivity index (χ1) is 7.28. The average molecular weight is 230 g/mol. The minimum absolute atomic E-state index is 0.124. The second-order valence-electron chi connectivity index (χ2n) is 4.63. The fraction of sp³-hybridized carbons (Fsp3) is 0.750. The largest absolute Gasteiger partial charge is 0.463 e. The van der Waals surface area contributed by atoms with Gasteiger partial charge in [-0.2, -0.15) is 0 Å². The second-order valence-corrected chi connectivity index (χ2v) is 4.63. The molecule has 4 nitrogen and oxygen atoms in total. The lowest BCUT2D eigenvalue weighted by molar-refractivity contribution is -0.351. The Bertz CT molecular complexity index is 240. The van der Waals surface area contributed by atoms with E-state index < -0.39 is 0 Å². The Morgan fingerprint density at radius 3 is 2.38 bits per heavy atom. The molecule has 0 heterocycles. The summed E-state index contributed by atoms with van der Waals surface area (Å²) in [6, 6.07) is 0. The van der Waals surface area contributed by atoms with Crippen LogP contribution in [0.25, 0.3) is 0 Å². The molecule has 0 rings (SSSR count). The van der Waals surface area contributed by atoms with Crippen molar-refractivity contribution in [2.75, 3.05) is 13.2 Å². The second kappa shape index (κ2) is 6.66. The Kier molecular flexibility index (Phi) is 6.29. The molecule has 0 aromatic carbocycles. The van der Waals surface area contributed by atoms with E-state index in [1.165, 1.54) is 0 Å². The number of hydrogen-bond donors (Lipinski definition) is 0. The van der Waals surface area contributed by atoms with Crippen LogP contribution in [0.4, 0.5) is 0 Å². The van der Waals surface area contributed by atoms with Crippen LogP contribution in [0.15, 0.2) is 12.2 Å². The number of esters is 1. The minimum Gasteiger partial charge on any atom is -0.463 e. The quantitative estimate of drug-likeness (QED) is 0.304. The highest BCUT2D eigenvalue weighted by atomic mass is 17.2. The molecule has 0 saturated carbocycles. The van der Waals surface area contributed by atoms with Crippen LogP contribution >= 0.6 is 0 Å². The Morgan fingerprint density at radius 2 is 1.94 bits per heavy atom. The zero-order valence-corrected chi connectivity index (χ0v) is 10.8. The Labute approximate surface area is 97.5 Å². The van der Waals surface area contributed by atoms with Crippen LogP contribution in [0.2, 0.25) is 0 Å². The molecular formula is C12H22O4. The molecule has 94 valence electrons. The fourth-order valence-electron chi connectivity index (χ4n) is 0.838. The van der Waals surface area contributed by atoms with Crippen molar-refractivity contribution in [3.8, 4) is 0 Å². The predicted octanol–water partition coefficient (Wildman–Crippen LogP) is 2.49. The van der Waals surface area contributed by atoms with Crippen molar-refractivity contribution in [2.24, 2.45) is 5.92 Å². The van der Waals surface area contributed by atoms with Crippen molar-refractivity contribution < 1.29 is 19.3 Å². The third-order valence-electron chi connectivity index (χ3n) is 1.76. The maximum Gasteiger partial charge on any atom is 0.333 e. The minimum atomic E-state index is -0.380. The van der Waals surface area contributed by atoms with Crippen LogP contribution in [0.3, 0.4) is 0 Å². The predicted molar refractivity (Wildman–Crippen MR) is 61.7 cm³/mol. The molecule has 0 bridgehead atoms. The first kappa shape index (κ1) is 15.1. The molecule has 16 heavy (non-hydrogen) atoms. The van der Waals surface area contributed by atoms with Gasteiger partial charge in [0.05, 0.1) is 18.8 Å². The van der Waals surface area contributed by atoms with Gasteiger partial charge in [-0.15, -0.1) is 0 Å². The molecule has 0 radical (unpaired) electrons. The monoisotopic (exact) mass is 230 g/mol. The summed E-state index contributed by atoms with van der Waals surface area (Å²) >= 11 is 0. The number of hydrogen-bond acceptors (Lipinski definition) is 4. The van der Waals surface area contributed by atoms with Gasteiger partial charge in [0.25, 0.3) is 0 Å². The lowest BCUT2D eigenvalue weighted by Crippen LogP contribution is -2.23. The summed E-state index contributed by atoms with van der Waals surface area (Å²) in [5.41, 5.74) is 0.0460. The molecule has 0 aliphatic heterocycles. The van der Waals surface area contributed by atoms with Crippen molar-refractivity contribution in [3.63, 3.8) is 0 Å². The van der Waals surface area contributed by atoms with Crippen LogP contribution in [0, 0.1) is 5.92 Å². The highest BCUT2D eigenvalue weighted by Crippen LogP contribution is 2.13. The topological polar surface area (TPSA) is 44.8 Å². The van der Waals surface area contributed by atoms with Crippen molar-refractivity contribution in [2.45, 2.75) is 40.2 Å². The fourth-order valence-corrected chi connectivity index (χ4v) is 0.838. The standard InChI is InChI=1S/C12H22O4/c1-7-14-11(13)10(3)9(2)8-15-16-12(4,5)6/h9H,3,7-8H2,1-2,4-6H3. The molecule has 1 atom stereocenters. The molecule has 0 spiro atoms. The summed E-state index contributed by atoms with van der Waals surface area (Å²) in [5.74, 6) is -0.504. The third kappa shape index (κ3) is 6.58. The van der Waals surface area contributed by atoms with Gasteiger partial charge in [-0.1, -0.05) is 13.5 Å². The molecule has 1 unspecified atom stereocenters. The van der Waals surface area contributed by atoms with E-state index in [-0.39, 0.29) is 24.1 Å². The van der Waals surface area contributed by atoms with Gasteiger partial charge in [-0.3, -0.25) is 0 Å². The van der Waals surface area contributed by atoms with Gasteiger partial charge < -0.3 is 4.74 Å². The van der Waals surface area contributed by atoms with Gasteiger partial charge in [0.15, 0.2) is 0 Å². The van der Waals surface area contributed by atoms with E-state index in [1.807, 2.05) is 27.7 Å². The van der Waals surface area contributed by atoms with Crippen LogP contribution in [0.5, 0.6) is 0 Å². The van der Waals surface area contributed by atoms with Crippen LogP contribution in [-0.2, 0) is 19.3 Å². The molecule has 0 aromatic heterocycles. The molecule has 0 N–H and O–H groups in total. The Morgan fingerprint density at radius 1 is 1.38 bits per heavy atom. The number of rotatable bonds is 6. The van der Waals surface area contributed by atoms with Gasteiger partial charge in [-0.25, -0.2) is 14.6 Å². The van der Waals surface area contributed by atoms with E-state index in [2.05, 4.69) is 6.58 Å². The number of carbonyl (C=O) groups excluding carboxylic acids is 1. The van der Waals surface area contributed by atoms with Gasteiger partial charge in [0.1, 0.15) is 0 Å². The maximum atomic E-state index is 11.3. The van der Waals surface area contributed by atoms with E-state index in [1.54, 1.807) is 6.92 Å². The molecule has 0 aromatic rings. The van der Waals surface area contributed by atoms with Crippen LogP contribution in [0.1, 0.15) is 34.6 Å². The molecule has 0 amide bonds. The van der Waals surface area contributed by atoms with Crippen molar-refractivity contribution in [3.05, 3.63) is 12.2 Å². The summed E-state index contributed by atoms with van der Waals surface area (Å²) in [4.78, 5) is 21.5. The smallest absolute Gasteiger partial charge is 0.333 e. The zero-order chi connectivity index (χ0) is 12.8. The van der Waals surface area contributed by atoms with Crippen LogP contribution < -0.4 is 0 Å². The van der Waals surface area contributed by atoms with E-state index >= 15 is 0 Å². The van der Waals surface area contributed by atoms with Gasteiger partial charge in [-0.05, 0) is 27.7 Å². The molecule has 0 aliphatic rings. The lowest BCUT2D eigenvalue weighted by Gasteiger charge is -2.19. The van der Waals surface area contributed by atoms with Gasteiger partial charge >= 0.3 is 5.97 Å². The Hall–Kier alpha value is -0.870. The molecule has 0 saturated heterocycles. The summed E-state index contributed by atoms with van der Waals surface area (Å²) < 4.78 is 4.84.